The first-order chi connectivity index (χ1) is 13.2. The molecule has 0 saturated heterocycles. The van der Waals surface area contributed by atoms with Gasteiger partial charge in [0.15, 0.2) is 0 Å². The first kappa shape index (κ1) is 20.0. The number of aryl methyl sites for hydroxylation is 1. The van der Waals surface area contributed by atoms with Crippen molar-refractivity contribution in [3.05, 3.63) is 88.1 Å². The van der Waals surface area contributed by atoms with Crippen molar-refractivity contribution in [2.24, 2.45) is 0 Å². The van der Waals surface area contributed by atoms with Crippen LogP contribution in [0.1, 0.15) is 15.9 Å². The van der Waals surface area contributed by atoms with Crippen molar-refractivity contribution in [3.8, 4) is 0 Å². The lowest BCUT2D eigenvalue weighted by Gasteiger charge is -2.10. The van der Waals surface area contributed by atoms with Gasteiger partial charge in [0.2, 0.25) is 0 Å². The Kier molecular flexibility index (Phi) is 5.81. The van der Waals surface area contributed by atoms with Gasteiger partial charge in [-0.1, -0.05) is 15.9 Å². The van der Waals surface area contributed by atoms with E-state index in [-0.39, 0.29) is 10.8 Å². The van der Waals surface area contributed by atoms with E-state index in [1.54, 1.807) is 6.07 Å². The summed E-state index contributed by atoms with van der Waals surface area (Å²) in [5, 5.41) is 2.82. The molecule has 0 saturated carbocycles. The SMILES string of the molecule is Cc1cc(Br)ccc1NC(=O)c1ccc(NS(=O)(=O)c2ccc(F)cc2)cc1. The number of anilines is 2. The monoisotopic (exact) mass is 462 g/mol. The topological polar surface area (TPSA) is 75.3 Å². The molecule has 8 heteroatoms. The summed E-state index contributed by atoms with van der Waals surface area (Å²) in [5.41, 5.74) is 2.27. The van der Waals surface area contributed by atoms with E-state index >= 15 is 0 Å². The molecular formula is C20H16BrFN2O3S. The Bertz CT molecular complexity index is 1120. The highest BCUT2D eigenvalue weighted by Gasteiger charge is 2.15. The zero-order valence-electron chi connectivity index (χ0n) is 14.7. The minimum atomic E-state index is -3.84. The maximum atomic E-state index is 13.0. The van der Waals surface area contributed by atoms with Crippen LogP contribution in [0.5, 0.6) is 0 Å². The number of benzene rings is 3. The average Bonchev–Trinajstić information content (AvgIpc) is 2.64. The van der Waals surface area contributed by atoms with Gasteiger partial charge in [-0.3, -0.25) is 9.52 Å². The van der Waals surface area contributed by atoms with Gasteiger partial charge in [-0.25, -0.2) is 12.8 Å². The predicted molar refractivity (Wildman–Crippen MR) is 110 cm³/mol. The number of nitrogens with one attached hydrogen (secondary N) is 2. The van der Waals surface area contributed by atoms with Gasteiger partial charge in [0, 0.05) is 21.4 Å². The van der Waals surface area contributed by atoms with E-state index in [1.807, 2.05) is 19.1 Å². The second-order valence-electron chi connectivity index (χ2n) is 6.05. The molecule has 0 aromatic heterocycles. The Morgan fingerprint density at radius 2 is 1.61 bits per heavy atom. The molecule has 3 rings (SSSR count). The number of rotatable bonds is 5. The van der Waals surface area contributed by atoms with Crippen molar-refractivity contribution >= 4 is 43.2 Å². The first-order valence-electron chi connectivity index (χ1n) is 8.20. The lowest BCUT2D eigenvalue weighted by atomic mass is 10.1. The smallest absolute Gasteiger partial charge is 0.261 e. The van der Waals surface area contributed by atoms with Crippen LogP contribution < -0.4 is 10.0 Å². The van der Waals surface area contributed by atoms with E-state index in [0.29, 0.717) is 16.9 Å². The lowest BCUT2D eigenvalue weighted by Crippen LogP contribution is -2.14. The molecule has 0 aliphatic heterocycles. The van der Waals surface area contributed by atoms with Gasteiger partial charge in [-0.2, -0.15) is 0 Å². The summed E-state index contributed by atoms with van der Waals surface area (Å²) < 4.78 is 40.9. The van der Waals surface area contributed by atoms with E-state index in [4.69, 9.17) is 0 Å². The lowest BCUT2D eigenvalue weighted by molar-refractivity contribution is 0.102. The Morgan fingerprint density at radius 3 is 2.21 bits per heavy atom. The third kappa shape index (κ3) is 4.76. The molecule has 0 atom stereocenters. The van der Waals surface area contributed by atoms with Crippen LogP contribution in [0.2, 0.25) is 0 Å². The number of hydrogen-bond acceptors (Lipinski definition) is 3. The molecule has 3 aromatic carbocycles. The highest BCUT2D eigenvalue weighted by molar-refractivity contribution is 9.10. The molecule has 3 aromatic rings. The maximum absolute atomic E-state index is 13.0. The Labute approximate surface area is 170 Å². The summed E-state index contributed by atoms with van der Waals surface area (Å²) in [6, 6.07) is 16.0. The number of carbonyl (C=O) groups excluding carboxylic acids is 1. The molecule has 28 heavy (non-hydrogen) atoms. The fraction of sp³-hybridized carbons (Fsp3) is 0.0500. The molecule has 0 spiro atoms. The minimum absolute atomic E-state index is 0.0542. The number of hydrogen-bond donors (Lipinski definition) is 2. The summed E-state index contributed by atoms with van der Waals surface area (Å²) >= 11 is 3.37. The van der Waals surface area contributed by atoms with Gasteiger partial charge in [0.25, 0.3) is 15.9 Å². The van der Waals surface area contributed by atoms with E-state index in [1.165, 1.54) is 36.4 Å². The molecule has 144 valence electrons. The molecule has 0 unspecified atom stereocenters. The molecule has 0 bridgehead atoms. The standard InChI is InChI=1S/C20H16BrFN2O3S/c1-13-12-15(21)4-11-19(13)23-20(25)14-2-7-17(8-3-14)24-28(26,27)18-9-5-16(22)6-10-18/h2-12,24H,1H3,(H,23,25). The Hall–Kier alpha value is -2.71. The second kappa shape index (κ2) is 8.12. The van der Waals surface area contributed by atoms with Crippen molar-refractivity contribution in [2.45, 2.75) is 11.8 Å². The largest absolute Gasteiger partial charge is 0.322 e. The quantitative estimate of drug-likeness (QED) is 0.563. The fourth-order valence-electron chi connectivity index (χ4n) is 2.48. The van der Waals surface area contributed by atoms with Crippen LogP contribution in [0, 0.1) is 12.7 Å². The third-order valence-electron chi connectivity index (χ3n) is 3.96. The third-order valence-corrected chi connectivity index (χ3v) is 5.85. The van der Waals surface area contributed by atoms with E-state index in [9.17, 15) is 17.6 Å². The number of sulfonamides is 1. The molecule has 0 fully saturated rings. The molecular weight excluding hydrogens is 447 g/mol. The van der Waals surface area contributed by atoms with Gasteiger partial charge in [-0.15, -0.1) is 0 Å². The van der Waals surface area contributed by atoms with Crippen LogP contribution in [0.15, 0.2) is 76.1 Å². The minimum Gasteiger partial charge on any atom is -0.322 e. The highest BCUT2D eigenvalue weighted by Crippen LogP contribution is 2.21. The van der Waals surface area contributed by atoms with Gasteiger partial charge in [-0.05, 0) is 79.2 Å². The van der Waals surface area contributed by atoms with Crippen molar-refractivity contribution in [1.82, 2.24) is 0 Å². The maximum Gasteiger partial charge on any atom is 0.261 e. The summed E-state index contributed by atoms with van der Waals surface area (Å²) in [6.07, 6.45) is 0. The molecule has 5 nitrogen and oxygen atoms in total. The summed E-state index contributed by atoms with van der Waals surface area (Å²) in [6.45, 7) is 1.88. The second-order valence-corrected chi connectivity index (χ2v) is 8.65. The fourth-order valence-corrected chi connectivity index (χ4v) is 4.01. The molecule has 0 aliphatic carbocycles. The zero-order chi connectivity index (χ0) is 20.3. The Morgan fingerprint density at radius 1 is 0.964 bits per heavy atom. The van der Waals surface area contributed by atoms with Crippen LogP contribution in [0.4, 0.5) is 15.8 Å². The average molecular weight is 463 g/mol. The van der Waals surface area contributed by atoms with Crippen LogP contribution >= 0.6 is 15.9 Å². The van der Waals surface area contributed by atoms with Gasteiger partial charge in [0.1, 0.15) is 5.82 Å². The zero-order valence-corrected chi connectivity index (χ0v) is 17.1. The molecule has 0 aliphatic rings. The van der Waals surface area contributed by atoms with Gasteiger partial charge >= 0.3 is 0 Å². The van der Waals surface area contributed by atoms with Crippen LogP contribution in [-0.2, 0) is 10.0 Å². The van der Waals surface area contributed by atoms with Crippen LogP contribution in [-0.4, -0.2) is 14.3 Å². The normalized spacial score (nSPS) is 11.1. The molecule has 2 N–H and O–H groups in total. The highest BCUT2D eigenvalue weighted by atomic mass is 79.9. The molecule has 0 heterocycles. The molecule has 1 amide bonds. The van der Waals surface area contributed by atoms with Gasteiger partial charge in [0.05, 0.1) is 4.90 Å². The number of halogens is 2. The van der Waals surface area contributed by atoms with Crippen molar-refractivity contribution in [1.29, 1.82) is 0 Å². The Balaban J connectivity index is 1.72. The first-order valence-corrected chi connectivity index (χ1v) is 10.5. The van der Waals surface area contributed by atoms with Crippen molar-refractivity contribution in [2.75, 3.05) is 10.0 Å². The summed E-state index contributed by atoms with van der Waals surface area (Å²) in [5.74, 6) is -0.825. The van der Waals surface area contributed by atoms with Crippen molar-refractivity contribution in [3.63, 3.8) is 0 Å². The van der Waals surface area contributed by atoms with Crippen LogP contribution in [0.25, 0.3) is 0 Å². The van der Waals surface area contributed by atoms with Crippen molar-refractivity contribution < 1.29 is 17.6 Å². The van der Waals surface area contributed by atoms with Gasteiger partial charge < -0.3 is 5.32 Å². The molecule has 0 radical (unpaired) electrons. The van der Waals surface area contributed by atoms with E-state index < -0.39 is 15.8 Å². The summed E-state index contributed by atoms with van der Waals surface area (Å²) in [7, 11) is -3.84. The van der Waals surface area contributed by atoms with Crippen LogP contribution in [0.3, 0.4) is 0 Å². The van der Waals surface area contributed by atoms with E-state index in [2.05, 4.69) is 26.0 Å². The van der Waals surface area contributed by atoms with E-state index in [0.717, 1.165) is 22.2 Å². The summed E-state index contributed by atoms with van der Waals surface area (Å²) in [4.78, 5) is 12.3. The number of carbonyl (C=O) groups is 1. The number of amides is 1. The predicted octanol–water partition coefficient (Wildman–Crippen LogP) is 4.95.